The molecule has 0 atom stereocenters. The number of ketones is 1. The summed E-state index contributed by atoms with van der Waals surface area (Å²) in [7, 11) is 0. The lowest BCUT2D eigenvalue weighted by molar-refractivity contribution is 0.103. The van der Waals surface area contributed by atoms with E-state index in [0.717, 1.165) is 43.1 Å². The molecule has 0 unspecified atom stereocenters. The second-order valence-electron chi connectivity index (χ2n) is 7.75. The summed E-state index contributed by atoms with van der Waals surface area (Å²) >= 11 is 6.56. The molecule has 5 rings (SSSR count). The van der Waals surface area contributed by atoms with Crippen LogP contribution in [-0.2, 0) is 4.74 Å². The number of rotatable bonds is 4. The van der Waals surface area contributed by atoms with Gasteiger partial charge in [0.1, 0.15) is 5.75 Å². The molecule has 1 saturated heterocycles. The first kappa shape index (κ1) is 20.4. The van der Waals surface area contributed by atoms with Crippen LogP contribution in [0.4, 0.5) is 5.69 Å². The number of hydrogen-bond acceptors (Lipinski definition) is 5. The third-order valence-electron chi connectivity index (χ3n) is 5.76. The van der Waals surface area contributed by atoms with Gasteiger partial charge < -0.3 is 24.8 Å². The Morgan fingerprint density at radius 1 is 1.00 bits per heavy atom. The summed E-state index contributed by atoms with van der Waals surface area (Å²) in [5.41, 5.74) is 3.78. The lowest BCUT2D eigenvalue weighted by Gasteiger charge is -2.29. The molecule has 1 aromatic heterocycles. The van der Waals surface area contributed by atoms with Crippen LogP contribution in [0.3, 0.4) is 0 Å². The maximum Gasteiger partial charge on any atom is 0.200 e. The number of carbonyl (C=O) groups is 1. The fourth-order valence-electron chi connectivity index (χ4n) is 4.12. The van der Waals surface area contributed by atoms with Crippen molar-refractivity contribution < 1.29 is 19.7 Å². The number of aromatic hydroxyl groups is 2. The van der Waals surface area contributed by atoms with Gasteiger partial charge in [-0.25, -0.2) is 0 Å². The number of aromatic nitrogens is 1. The maximum absolute atomic E-state index is 13.1. The maximum atomic E-state index is 13.1. The topological polar surface area (TPSA) is 85.8 Å². The average molecular weight is 449 g/mol. The van der Waals surface area contributed by atoms with Crippen molar-refractivity contribution in [3.05, 3.63) is 76.8 Å². The summed E-state index contributed by atoms with van der Waals surface area (Å²) in [6.07, 6.45) is 0. The number of halogens is 1. The van der Waals surface area contributed by atoms with Gasteiger partial charge in [-0.15, -0.1) is 0 Å². The number of phenolic OH excluding ortho intramolecular Hbond substituents is 1. The first-order valence-electron chi connectivity index (χ1n) is 10.3. The van der Waals surface area contributed by atoms with Crippen molar-refractivity contribution in [1.82, 2.24) is 4.98 Å². The number of nitrogens with zero attached hydrogens (tertiary/aromatic N) is 1. The molecule has 1 fully saturated rings. The lowest BCUT2D eigenvalue weighted by atomic mass is 9.98. The number of benzene rings is 3. The van der Waals surface area contributed by atoms with E-state index in [0.29, 0.717) is 15.9 Å². The van der Waals surface area contributed by atoms with Crippen molar-refractivity contribution in [3.63, 3.8) is 0 Å². The Labute approximate surface area is 189 Å². The van der Waals surface area contributed by atoms with Gasteiger partial charge in [0.05, 0.1) is 29.3 Å². The molecule has 1 aliphatic rings. The molecule has 6 nitrogen and oxygen atoms in total. The van der Waals surface area contributed by atoms with E-state index in [4.69, 9.17) is 16.3 Å². The molecule has 0 aliphatic carbocycles. The molecule has 0 saturated carbocycles. The standard InChI is InChI=1S/C25H21ClN2O4/c26-21-14-22-20(23(25(31)27-22)24(30)16-2-1-3-18(29)12-16)13-19(21)15-4-6-17(7-5-15)28-8-10-32-11-9-28/h1-7,12-14,27,29,31H,8-11H2. The second-order valence-corrected chi connectivity index (χ2v) is 8.16. The third-order valence-corrected chi connectivity index (χ3v) is 6.07. The Morgan fingerprint density at radius 2 is 1.75 bits per heavy atom. The first-order chi connectivity index (χ1) is 15.5. The van der Waals surface area contributed by atoms with Gasteiger partial charge in [-0.2, -0.15) is 0 Å². The third kappa shape index (κ3) is 3.68. The number of hydrogen-bond donors (Lipinski definition) is 3. The largest absolute Gasteiger partial charge is 0.508 e. The lowest BCUT2D eigenvalue weighted by Crippen LogP contribution is -2.36. The van der Waals surface area contributed by atoms with Crippen molar-refractivity contribution in [2.45, 2.75) is 0 Å². The molecule has 0 bridgehead atoms. The molecule has 3 N–H and O–H groups in total. The monoisotopic (exact) mass is 448 g/mol. The summed E-state index contributed by atoms with van der Waals surface area (Å²) in [5, 5.41) is 21.3. The fourth-order valence-corrected chi connectivity index (χ4v) is 4.39. The average Bonchev–Trinajstić information content (AvgIpc) is 3.13. The van der Waals surface area contributed by atoms with E-state index < -0.39 is 0 Å². The molecule has 0 amide bonds. The van der Waals surface area contributed by atoms with Crippen LogP contribution in [0.1, 0.15) is 15.9 Å². The number of ether oxygens (including phenoxy) is 1. The van der Waals surface area contributed by atoms with E-state index in [1.165, 1.54) is 12.1 Å². The number of nitrogens with one attached hydrogen (secondary N) is 1. The van der Waals surface area contributed by atoms with E-state index in [9.17, 15) is 15.0 Å². The van der Waals surface area contributed by atoms with Crippen LogP contribution in [0.25, 0.3) is 22.0 Å². The number of carbonyl (C=O) groups excluding carboxylic acids is 1. The predicted octanol–water partition coefficient (Wildman–Crippen LogP) is 4.97. The highest BCUT2D eigenvalue weighted by Gasteiger charge is 2.22. The van der Waals surface area contributed by atoms with E-state index >= 15 is 0 Å². The summed E-state index contributed by atoms with van der Waals surface area (Å²) in [6, 6.07) is 17.7. The molecule has 2 heterocycles. The molecule has 32 heavy (non-hydrogen) atoms. The van der Waals surface area contributed by atoms with Crippen LogP contribution in [0.15, 0.2) is 60.7 Å². The Bertz CT molecular complexity index is 1310. The Hall–Kier alpha value is -3.48. The van der Waals surface area contributed by atoms with Crippen molar-refractivity contribution in [3.8, 4) is 22.8 Å². The molecule has 1 aliphatic heterocycles. The first-order valence-corrected chi connectivity index (χ1v) is 10.7. The van der Waals surface area contributed by atoms with Gasteiger partial charge in [0.15, 0.2) is 5.78 Å². The van der Waals surface area contributed by atoms with E-state index in [1.54, 1.807) is 18.2 Å². The molecule has 3 aromatic carbocycles. The van der Waals surface area contributed by atoms with Crippen LogP contribution >= 0.6 is 11.6 Å². The smallest absolute Gasteiger partial charge is 0.200 e. The molecule has 162 valence electrons. The van der Waals surface area contributed by atoms with Gasteiger partial charge >= 0.3 is 0 Å². The fraction of sp³-hybridized carbons (Fsp3) is 0.160. The van der Waals surface area contributed by atoms with Crippen molar-refractivity contribution in [2.75, 3.05) is 31.2 Å². The number of phenols is 1. The Kier molecular flexibility index (Phi) is 5.25. The summed E-state index contributed by atoms with van der Waals surface area (Å²) in [5.74, 6) is -0.635. The van der Waals surface area contributed by atoms with Gasteiger partial charge in [-0.1, -0.05) is 35.9 Å². The van der Waals surface area contributed by atoms with Gasteiger partial charge in [0.25, 0.3) is 0 Å². The van der Waals surface area contributed by atoms with E-state index in [2.05, 4.69) is 22.0 Å². The number of morpholine rings is 1. The molecular formula is C25H21ClN2O4. The highest BCUT2D eigenvalue weighted by Crippen LogP contribution is 2.38. The zero-order valence-corrected chi connectivity index (χ0v) is 17.9. The molecule has 4 aromatic rings. The van der Waals surface area contributed by atoms with E-state index in [1.807, 2.05) is 18.2 Å². The zero-order chi connectivity index (χ0) is 22.2. The van der Waals surface area contributed by atoms with Gasteiger partial charge in [-0.3, -0.25) is 4.79 Å². The normalized spacial score (nSPS) is 14.1. The minimum Gasteiger partial charge on any atom is -0.508 e. The SMILES string of the molecule is O=C(c1cccc(O)c1)c1c(O)[nH]c2cc(Cl)c(-c3ccc(N4CCOCC4)cc3)cc12. The summed E-state index contributed by atoms with van der Waals surface area (Å²) in [6.45, 7) is 3.15. The van der Waals surface area contributed by atoms with Crippen molar-refractivity contribution >= 4 is 34.0 Å². The van der Waals surface area contributed by atoms with Crippen LogP contribution in [0.2, 0.25) is 5.02 Å². The van der Waals surface area contributed by atoms with Gasteiger partial charge in [-0.05, 0) is 42.0 Å². The quantitative estimate of drug-likeness (QED) is 0.384. The number of H-pyrrole nitrogens is 1. The van der Waals surface area contributed by atoms with Gasteiger partial charge in [0, 0.05) is 35.3 Å². The number of fused-ring (bicyclic) bond motifs is 1. The highest BCUT2D eigenvalue weighted by molar-refractivity contribution is 6.34. The van der Waals surface area contributed by atoms with Crippen molar-refractivity contribution in [1.29, 1.82) is 0 Å². The van der Waals surface area contributed by atoms with Crippen LogP contribution < -0.4 is 4.90 Å². The molecule has 0 radical (unpaired) electrons. The number of aromatic amines is 1. The Morgan fingerprint density at radius 3 is 2.47 bits per heavy atom. The summed E-state index contributed by atoms with van der Waals surface area (Å²) in [4.78, 5) is 18.2. The molecule has 0 spiro atoms. The minimum atomic E-state index is -0.388. The summed E-state index contributed by atoms with van der Waals surface area (Å²) < 4.78 is 5.42. The highest BCUT2D eigenvalue weighted by atomic mass is 35.5. The Balaban J connectivity index is 1.55. The van der Waals surface area contributed by atoms with Crippen LogP contribution in [0.5, 0.6) is 11.6 Å². The number of anilines is 1. The molecule has 7 heteroatoms. The van der Waals surface area contributed by atoms with Crippen LogP contribution in [0, 0.1) is 0 Å². The van der Waals surface area contributed by atoms with Gasteiger partial charge in [0.2, 0.25) is 5.88 Å². The second kappa shape index (κ2) is 8.22. The van der Waals surface area contributed by atoms with Crippen LogP contribution in [-0.4, -0.2) is 47.3 Å². The predicted molar refractivity (Wildman–Crippen MR) is 125 cm³/mol. The zero-order valence-electron chi connectivity index (χ0n) is 17.1. The minimum absolute atomic E-state index is 0.0146. The van der Waals surface area contributed by atoms with Crippen molar-refractivity contribution in [2.24, 2.45) is 0 Å². The van der Waals surface area contributed by atoms with E-state index in [-0.39, 0.29) is 28.5 Å². The molecular weight excluding hydrogens is 428 g/mol.